The minimum atomic E-state index is 0.0293. The van der Waals surface area contributed by atoms with Crippen LogP contribution in [0.25, 0.3) is 0 Å². The van der Waals surface area contributed by atoms with E-state index in [-0.39, 0.29) is 29.4 Å². The van der Waals surface area contributed by atoms with Crippen LogP contribution in [-0.2, 0) is 27.3 Å². The van der Waals surface area contributed by atoms with Crippen LogP contribution < -0.4 is 5.32 Å². The van der Waals surface area contributed by atoms with Crippen molar-refractivity contribution >= 4 is 17.4 Å². The number of nitrogens with zero attached hydrogens (tertiary/aromatic N) is 2. The largest absolute Gasteiger partial charge is 0.384 e. The molecular weight excluding hydrogens is 390 g/mol. The van der Waals surface area contributed by atoms with E-state index in [9.17, 15) is 9.59 Å². The van der Waals surface area contributed by atoms with Crippen molar-refractivity contribution in [1.82, 2.24) is 10.3 Å². The summed E-state index contributed by atoms with van der Waals surface area (Å²) in [7, 11) is 1.66. The van der Waals surface area contributed by atoms with Crippen molar-refractivity contribution in [2.45, 2.75) is 38.6 Å². The first kappa shape index (κ1) is 21.4. The fourth-order valence-electron chi connectivity index (χ4n) is 4.42. The number of aliphatic imine (C=N–C) groups is 1. The van der Waals surface area contributed by atoms with Gasteiger partial charge in [0, 0.05) is 67.4 Å². The summed E-state index contributed by atoms with van der Waals surface area (Å²) < 4.78 is 5.34. The number of aromatic nitrogens is 1. The molecule has 31 heavy (non-hydrogen) atoms. The van der Waals surface area contributed by atoms with Gasteiger partial charge < -0.3 is 10.1 Å². The van der Waals surface area contributed by atoms with E-state index in [1.165, 1.54) is 0 Å². The number of carbonyl (C=O) groups excluding carboxylic acids is 2. The number of Topliss-reactive ketones (excluding diaryl/α,β-unsaturated/α-hetero) is 1. The van der Waals surface area contributed by atoms with E-state index >= 15 is 0 Å². The topological polar surface area (TPSA) is 80.7 Å². The van der Waals surface area contributed by atoms with Gasteiger partial charge >= 0.3 is 0 Å². The molecule has 1 fully saturated rings. The molecule has 2 aliphatic rings. The van der Waals surface area contributed by atoms with Gasteiger partial charge in [-0.25, -0.2) is 0 Å². The van der Waals surface area contributed by atoms with E-state index in [1.807, 2.05) is 49.5 Å². The van der Waals surface area contributed by atoms with Crippen LogP contribution in [0.5, 0.6) is 0 Å². The Kier molecular flexibility index (Phi) is 6.56. The van der Waals surface area contributed by atoms with Crippen LogP contribution in [0, 0.1) is 11.8 Å². The number of rotatable bonds is 10. The number of ether oxygens (including phenoxy) is 1. The maximum absolute atomic E-state index is 12.8. The quantitative estimate of drug-likeness (QED) is 0.642. The second-order valence-electron chi connectivity index (χ2n) is 8.36. The van der Waals surface area contributed by atoms with Gasteiger partial charge in [-0.05, 0) is 30.5 Å². The van der Waals surface area contributed by atoms with Crippen molar-refractivity contribution < 1.29 is 14.3 Å². The van der Waals surface area contributed by atoms with Crippen LogP contribution >= 0.6 is 0 Å². The minimum Gasteiger partial charge on any atom is -0.384 e. The lowest BCUT2D eigenvalue weighted by molar-refractivity contribution is -0.122. The summed E-state index contributed by atoms with van der Waals surface area (Å²) in [5.74, 6) is 0.535. The number of hydrogen-bond donors (Lipinski definition) is 1. The molecule has 1 aliphatic carbocycles. The fourth-order valence-corrected chi connectivity index (χ4v) is 4.42. The summed E-state index contributed by atoms with van der Waals surface area (Å²) >= 11 is 0. The Hall–Kier alpha value is -2.86. The highest BCUT2D eigenvalue weighted by atomic mass is 16.5. The number of nitrogens with one attached hydrogen (secondary N) is 1. The van der Waals surface area contributed by atoms with Gasteiger partial charge in [0.2, 0.25) is 5.91 Å². The molecule has 1 unspecified atom stereocenters. The lowest BCUT2D eigenvalue weighted by atomic mass is 9.93. The maximum Gasteiger partial charge on any atom is 0.223 e. The molecule has 1 amide bonds. The Morgan fingerprint density at radius 1 is 1.26 bits per heavy atom. The van der Waals surface area contributed by atoms with Crippen molar-refractivity contribution in [2.24, 2.45) is 16.8 Å². The lowest BCUT2D eigenvalue weighted by Gasteiger charge is -2.15. The molecule has 6 nitrogen and oxygen atoms in total. The van der Waals surface area contributed by atoms with E-state index in [0.29, 0.717) is 32.5 Å². The molecule has 1 aliphatic heterocycles. The van der Waals surface area contributed by atoms with Gasteiger partial charge in [-0.1, -0.05) is 30.3 Å². The Bertz CT molecular complexity index is 987. The third-order valence-corrected chi connectivity index (χ3v) is 6.06. The van der Waals surface area contributed by atoms with Gasteiger partial charge in [0.1, 0.15) is 5.78 Å². The first-order chi connectivity index (χ1) is 15.1. The molecule has 1 saturated carbocycles. The molecule has 162 valence electrons. The number of hydrogen-bond acceptors (Lipinski definition) is 5. The molecule has 0 spiro atoms. The number of amides is 1. The van der Waals surface area contributed by atoms with Crippen LogP contribution in [0.4, 0.5) is 0 Å². The Balaban J connectivity index is 1.38. The zero-order valence-corrected chi connectivity index (χ0v) is 18.1. The number of carbonyl (C=O) groups is 2. The number of benzene rings is 1. The normalized spacial score (nSPS) is 20.0. The molecule has 0 bridgehead atoms. The minimum absolute atomic E-state index is 0.0293. The first-order valence-electron chi connectivity index (χ1n) is 11.0. The molecular formula is C25H29N3O3. The average molecular weight is 420 g/mol. The van der Waals surface area contributed by atoms with E-state index in [4.69, 9.17) is 4.74 Å². The zero-order valence-electron chi connectivity index (χ0n) is 18.1. The molecule has 0 radical (unpaired) electrons. The van der Waals surface area contributed by atoms with Crippen LogP contribution in [0.1, 0.15) is 48.1 Å². The maximum atomic E-state index is 12.8. The number of methoxy groups -OCH3 is 1. The highest BCUT2D eigenvalue weighted by molar-refractivity contribution is 6.09. The average Bonchev–Trinajstić information content (AvgIpc) is 3.46. The van der Waals surface area contributed by atoms with Gasteiger partial charge in [-0.3, -0.25) is 19.6 Å². The van der Waals surface area contributed by atoms with E-state index in [1.54, 1.807) is 7.11 Å². The molecule has 3 atom stereocenters. The summed E-state index contributed by atoms with van der Waals surface area (Å²) in [5.41, 5.74) is 5.03. The van der Waals surface area contributed by atoms with Crippen LogP contribution in [-0.4, -0.2) is 42.6 Å². The van der Waals surface area contributed by atoms with E-state index in [2.05, 4.69) is 15.3 Å². The third-order valence-electron chi connectivity index (χ3n) is 6.06. The smallest absolute Gasteiger partial charge is 0.223 e. The van der Waals surface area contributed by atoms with Crippen molar-refractivity contribution in [3.63, 3.8) is 0 Å². The Morgan fingerprint density at radius 2 is 2.06 bits per heavy atom. The molecule has 6 heteroatoms. The highest BCUT2D eigenvalue weighted by Gasteiger charge is 2.47. The Morgan fingerprint density at radius 3 is 2.81 bits per heavy atom. The molecule has 2 aromatic rings. The lowest BCUT2D eigenvalue weighted by Crippen LogP contribution is -2.25. The summed E-state index contributed by atoms with van der Waals surface area (Å²) in [6.45, 7) is 3.70. The van der Waals surface area contributed by atoms with Gasteiger partial charge in [0.25, 0.3) is 0 Å². The van der Waals surface area contributed by atoms with Crippen molar-refractivity contribution in [1.29, 1.82) is 0 Å². The van der Waals surface area contributed by atoms with E-state index < -0.39 is 0 Å². The predicted octanol–water partition coefficient (Wildman–Crippen LogP) is 3.09. The highest BCUT2D eigenvalue weighted by Crippen LogP contribution is 2.43. The molecule has 4 rings (SSSR count). The van der Waals surface area contributed by atoms with Crippen molar-refractivity contribution in [3.8, 4) is 0 Å². The zero-order chi connectivity index (χ0) is 21.8. The second-order valence-corrected chi connectivity index (χ2v) is 8.36. The summed E-state index contributed by atoms with van der Waals surface area (Å²) in [4.78, 5) is 34.1. The molecule has 1 aromatic heterocycles. The summed E-state index contributed by atoms with van der Waals surface area (Å²) in [6.07, 6.45) is 3.42. The van der Waals surface area contributed by atoms with Gasteiger partial charge in [-0.15, -0.1) is 0 Å². The molecule has 0 saturated heterocycles. The van der Waals surface area contributed by atoms with Gasteiger partial charge in [-0.2, -0.15) is 0 Å². The SMILES string of the molecule is CCNC(=O)[C@H]1CC1C1=NCc2cc(CC(=O)C[C@H](COC)c3ccccc3)ncc21. The third kappa shape index (κ3) is 4.90. The first-order valence-corrected chi connectivity index (χ1v) is 11.0. The van der Waals surface area contributed by atoms with Crippen molar-refractivity contribution in [3.05, 3.63) is 65.0 Å². The summed E-state index contributed by atoms with van der Waals surface area (Å²) in [6, 6.07) is 12.0. The molecule has 1 N–H and O–H groups in total. The van der Waals surface area contributed by atoms with Crippen LogP contribution in [0.3, 0.4) is 0 Å². The van der Waals surface area contributed by atoms with Crippen molar-refractivity contribution in [2.75, 3.05) is 20.3 Å². The number of ketones is 1. The van der Waals surface area contributed by atoms with Crippen LogP contribution in [0.15, 0.2) is 47.6 Å². The monoisotopic (exact) mass is 419 g/mol. The van der Waals surface area contributed by atoms with E-state index in [0.717, 1.165) is 34.5 Å². The standard InChI is InChI=1S/C25H29N3O3/c1-3-26-25(30)22-12-21(22)24-23-14-27-19(9-17(23)13-28-24)11-20(29)10-18(15-31-2)16-7-5-4-6-8-16/h4-9,14,18,21-22H,3,10-13,15H2,1-2H3,(H,26,30)/t18-,21?,22+/m1/s1. The van der Waals surface area contributed by atoms with Crippen LogP contribution in [0.2, 0.25) is 0 Å². The Labute approximate surface area is 183 Å². The number of fused-ring (bicyclic) bond motifs is 1. The molecule has 1 aromatic carbocycles. The van der Waals surface area contributed by atoms with Gasteiger partial charge in [0.05, 0.1) is 13.2 Å². The molecule has 2 heterocycles. The summed E-state index contributed by atoms with van der Waals surface area (Å²) in [5, 5.41) is 2.90. The number of pyridine rings is 1. The fraction of sp³-hybridized carbons (Fsp3) is 0.440. The predicted molar refractivity (Wildman–Crippen MR) is 119 cm³/mol. The van der Waals surface area contributed by atoms with Gasteiger partial charge in [0.15, 0.2) is 0 Å². The second kappa shape index (κ2) is 9.52.